The van der Waals surface area contributed by atoms with Crippen LogP contribution in [0.3, 0.4) is 0 Å². The summed E-state index contributed by atoms with van der Waals surface area (Å²) in [6.07, 6.45) is 2.55. The van der Waals surface area contributed by atoms with Crippen molar-refractivity contribution in [3.05, 3.63) is 89.2 Å². The first-order valence-electron chi connectivity index (χ1n) is 13.6. The molecule has 3 N–H and O–H groups in total. The molecule has 0 saturated carbocycles. The number of carbonyl (C=O) groups is 3. The van der Waals surface area contributed by atoms with Gasteiger partial charge in [0.05, 0.1) is 17.0 Å². The number of anilines is 3. The van der Waals surface area contributed by atoms with Crippen LogP contribution in [0.5, 0.6) is 0 Å². The largest absolute Gasteiger partial charge is 0.481 e. The number of aryl methyl sites for hydroxylation is 1. The molecule has 0 saturated heterocycles. The molecular formula is C32H35FN4O4. The fourth-order valence-corrected chi connectivity index (χ4v) is 4.73. The summed E-state index contributed by atoms with van der Waals surface area (Å²) in [6.45, 7) is 0.940. The fourth-order valence-electron chi connectivity index (χ4n) is 4.73. The maximum atomic E-state index is 13.9. The van der Waals surface area contributed by atoms with Crippen molar-refractivity contribution in [1.29, 1.82) is 0 Å². The molecule has 0 aromatic heterocycles. The molecule has 1 aliphatic rings. The minimum Gasteiger partial charge on any atom is -0.481 e. The molecule has 214 valence electrons. The smallest absolute Gasteiger partial charge is 0.303 e. The molecule has 41 heavy (non-hydrogen) atoms. The van der Waals surface area contributed by atoms with Crippen LogP contribution in [0.15, 0.2) is 66.7 Å². The number of amides is 2. The van der Waals surface area contributed by atoms with E-state index in [4.69, 9.17) is 5.11 Å². The number of unbranched alkanes of at least 4 members (excludes halogenated alkanes) is 1. The lowest BCUT2D eigenvalue weighted by Crippen LogP contribution is -2.26. The lowest BCUT2D eigenvalue weighted by atomic mass is 9.97. The number of halogens is 1. The second-order valence-corrected chi connectivity index (χ2v) is 10.4. The zero-order chi connectivity index (χ0) is 29.5. The molecule has 0 aliphatic carbocycles. The number of carboxylic acid groups (broad SMARTS) is 1. The minimum atomic E-state index is -0.893. The fraction of sp³-hybridized carbons (Fsp3) is 0.281. The molecule has 0 spiro atoms. The zero-order valence-corrected chi connectivity index (χ0v) is 23.5. The first-order valence-corrected chi connectivity index (χ1v) is 13.6. The van der Waals surface area contributed by atoms with Crippen molar-refractivity contribution in [3.63, 3.8) is 0 Å². The van der Waals surface area contributed by atoms with E-state index in [1.165, 1.54) is 12.1 Å². The van der Waals surface area contributed by atoms with Crippen molar-refractivity contribution in [3.8, 4) is 0 Å². The molecule has 1 heterocycles. The van der Waals surface area contributed by atoms with Crippen molar-refractivity contribution in [2.75, 3.05) is 43.2 Å². The van der Waals surface area contributed by atoms with Crippen LogP contribution in [0.25, 0.3) is 11.3 Å². The van der Waals surface area contributed by atoms with Crippen LogP contribution in [0.2, 0.25) is 0 Å². The molecule has 4 rings (SSSR count). The van der Waals surface area contributed by atoms with Crippen LogP contribution in [-0.2, 0) is 20.8 Å². The molecule has 3 aromatic carbocycles. The number of nitrogens with one attached hydrogen (secondary N) is 2. The summed E-state index contributed by atoms with van der Waals surface area (Å²) in [4.78, 5) is 40.7. The Morgan fingerprint density at radius 2 is 1.71 bits per heavy atom. The third kappa shape index (κ3) is 7.58. The number of aliphatic carboxylic acids is 1. The number of carbonyl (C=O) groups excluding carboxylic acids is 2. The summed E-state index contributed by atoms with van der Waals surface area (Å²) < 4.78 is 13.9. The minimum absolute atomic E-state index is 0.0191. The van der Waals surface area contributed by atoms with Crippen LogP contribution in [0.1, 0.15) is 42.4 Å². The topological polar surface area (TPSA) is 102 Å². The zero-order valence-electron chi connectivity index (χ0n) is 23.5. The van der Waals surface area contributed by atoms with E-state index in [-0.39, 0.29) is 18.2 Å². The second kappa shape index (κ2) is 13.2. The van der Waals surface area contributed by atoms with Gasteiger partial charge in [-0.05, 0) is 99.6 Å². The summed E-state index contributed by atoms with van der Waals surface area (Å²) in [6, 6.07) is 18.8. The monoisotopic (exact) mass is 558 g/mol. The van der Waals surface area contributed by atoms with E-state index in [1.807, 2.05) is 62.6 Å². The maximum absolute atomic E-state index is 13.9. The Morgan fingerprint density at radius 1 is 0.951 bits per heavy atom. The molecule has 0 fully saturated rings. The van der Waals surface area contributed by atoms with Gasteiger partial charge in [-0.25, -0.2) is 4.39 Å². The number of rotatable bonds is 12. The lowest BCUT2D eigenvalue weighted by molar-refractivity contribution is -0.137. The van der Waals surface area contributed by atoms with Gasteiger partial charge in [0.2, 0.25) is 5.91 Å². The predicted octanol–water partition coefficient (Wildman–Crippen LogP) is 5.47. The summed E-state index contributed by atoms with van der Waals surface area (Å²) in [5, 5.41) is 15.2. The van der Waals surface area contributed by atoms with Crippen molar-refractivity contribution in [1.82, 2.24) is 4.90 Å². The summed E-state index contributed by atoms with van der Waals surface area (Å²) in [5.41, 5.74) is 4.72. The van der Waals surface area contributed by atoms with Crippen molar-refractivity contribution in [2.45, 2.75) is 32.1 Å². The van der Waals surface area contributed by atoms with Crippen molar-refractivity contribution < 1.29 is 23.9 Å². The van der Waals surface area contributed by atoms with Gasteiger partial charge < -0.3 is 25.5 Å². The first-order chi connectivity index (χ1) is 19.6. The van der Waals surface area contributed by atoms with E-state index in [9.17, 15) is 18.8 Å². The van der Waals surface area contributed by atoms with Gasteiger partial charge in [0, 0.05) is 36.8 Å². The third-order valence-corrected chi connectivity index (χ3v) is 6.96. The Bertz CT molecular complexity index is 1470. The van der Waals surface area contributed by atoms with Gasteiger partial charge in [0.15, 0.2) is 0 Å². The van der Waals surface area contributed by atoms with E-state index in [2.05, 4.69) is 15.5 Å². The van der Waals surface area contributed by atoms with Crippen LogP contribution < -0.4 is 15.5 Å². The van der Waals surface area contributed by atoms with Gasteiger partial charge in [-0.15, -0.1) is 0 Å². The number of hydrogen-bond acceptors (Lipinski definition) is 5. The number of hydrogen-bond donors (Lipinski definition) is 3. The summed E-state index contributed by atoms with van der Waals surface area (Å²) >= 11 is 0. The van der Waals surface area contributed by atoms with E-state index in [1.54, 1.807) is 18.0 Å². The van der Waals surface area contributed by atoms with E-state index in [0.29, 0.717) is 46.6 Å². The SMILES string of the molecule is CN(C)CCCCC(=O)N(C)c1ccc(N/C(=C2\C(=O)Nc3cc(F)ccc32)c2cccc(CCC(=O)O)c2)cc1. The Balaban J connectivity index is 1.62. The van der Waals surface area contributed by atoms with E-state index in [0.717, 1.165) is 30.6 Å². The normalized spacial score (nSPS) is 13.5. The third-order valence-electron chi connectivity index (χ3n) is 6.96. The second-order valence-electron chi connectivity index (χ2n) is 10.4. The van der Waals surface area contributed by atoms with E-state index >= 15 is 0 Å². The Morgan fingerprint density at radius 3 is 2.41 bits per heavy atom. The number of benzene rings is 3. The first kappa shape index (κ1) is 29.5. The Hall–Kier alpha value is -4.50. The molecule has 0 radical (unpaired) electrons. The molecule has 0 atom stereocenters. The van der Waals surface area contributed by atoms with Crippen LogP contribution in [0.4, 0.5) is 21.5 Å². The number of nitrogens with zero attached hydrogens (tertiary/aromatic N) is 2. The predicted molar refractivity (Wildman–Crippen MR) is 160 cm³/mol. The van der Waals surface area contributed by atoms with E-state index < -0.39 is 11.8 Å². The molecular weight excluding hydrogens is 523 g/mol. The standard InChI is InChI=1S/C32H35FN4O4/c1-36(2)18-5-4-9-28(38)37(3)25-14-12-24(13-15-25)34-31(22-8-6-7-21(19-22)10-17-29(39)40)30-26-16-11-23(33)20-27(26)35-32(30)41/h6-8,11-16,19-20,34H,4-5,9-10,17-18H2,1-3H3,(H,35,41)(H,39,40)/b31-30-. The molecule has 3 aromatic rings. The van der Waals surface area contributed by atoms with Gasteiger partial charge in [-0.2, -0.15) is 0 Å². The summed E-state index contributed by atoms with van der Waals surface area (Å²) in [5.74, 6) is -1.69. The van der Waals surface area contributed by atoms with Crippen LogP contribution in [-0.4, -0.2) is 55.5 Å². The highest BCUT2D eigenvalue weighted by atomic mass is 19.1. The van der Waals surface area contributed by atoms with Crippen molar-refractivity contribution >= 4 is 46.1 Å². The molecule has 2 amide bonds. The van der Waals surface area contributed by atoms with Gasteiger partial charge in [-0.3, -0.25) is 14.4 Å². The average Bonchev–Trinajstić information content (AvgIpc) is 3.27. The highest BCUT2D eigenvalue weighted by Crippen LogP contribution is 2.38. The lowest BCUT2D eigenvalue weighted by Gasteiger charge is -2.19. The van der Waals surface area contributed by atoms with Crippen LogP contribution in [0, 0.1) is 5.82 Å². The van der Waals surface area contributed by atoms with Crippen molar-refractivity contribution in [2.24, 2.45) is 0 Å². The highest BCUT2D eigenvalue weighted by Gasteiger charge is 2.29. The Labute approximate surface area is 239 Å². The van der Waals surface area contributed by atoms with Gasteiger partial charge >= 0.3 is 5.97 Å². The van der Waals surface area contributed by atoms with Gasteiger partial charge in [0.25, 0.3) is 5.91 Å². The van der Waals surface area contributed by atoms with Crippen LogP contribution >= 0.6 is 0 Å². The average molecular weight is 559 g/mol. The molecule has 0 unspecified atom stereocenters. The molecule has 9 heteroatoms. The number of fused-ring (bicyclic) bond motifs is 1. The Kier molecular flexibility index (Phi) is 9.52. The molecule has 0 bridgehead atoms. The van der Waals surface area contributed by atoms with Gasteiger partial charge in [-0.1, -0.05) is 18.2 Å². The van der Waals surface area contributed by atoms with Gasteiger partial charge in [0.1, 0.15) is 5.82 Å². The molecule has 8 nitrogen and oxygen atoms in total. The quantitative estimate of drug-likeness (QED) is 0.201. The summed E-state index contributed by atoms with van der Waals surface area (Å²) in [7, 11) is 5.78. The maximum Gasteiger partial charge on any atom is 0.303 e. The molecule has 1 aliphatic heterocycles. The number of carboxylic acids is 1. The highest BCUT2D eigenvalue weighted by molar-refractivity contribution is 6.37.